The molecule has 1 saturated heterocycles. The molecular formula is C13H14N4O4. The highest BCUT2D eigenvalue weighted by Crippen LogP contribution is 2.15. The lowest BCUT2D eigenvalue weighted by atomic mass is 10.1. The molecule has 21 heavy (non-hydrogen) atoms. The van der Waals surface area contributed by atoms with E-state index in [2.05, 4.69) is 10.2 Å². The molecule has 0 saturated carbocycles. The molecule has 2 aromatic heterocycles. The van der Waals surface area contributed by atoms with E-state index in [9.17, 15) is 9.59 Å². The van der Waals surface area contributed by atoms with Crippen molar-refractivity contribution in [3.63, 3.8) is 0 Å². The molecule has 3 rings (SSSR count). The van der Waals surface area contributed by atoms with Crippen molar-refractivity contribution in [2.24, 2.45) is 0 Å². The third-order valence-electron chi connectivity index (χ3n) is 3.44. The standard InChI is InChI=1S/C13H14N4O4/c18-12(19)5-10-7-21-4-3-17(10)13(20)9-1-2-11-15-14-8-16(11)6-9/h1-2,6,8,10H,3-5,7H2,(H,18,19). The monoisotopic (exact) mass is 290 g/mol. The third kappa shape index (κ3) is 2.70. The Morgan fingerprint density at radius 1 is 1.43 bits per heavy atom. The summed E-state index contributed by atoms with van der Waals surface area (Å²) in [4.78, 5) is 25.0. The number of nitrogens with zero attached hydrogens (tertiary/aromatic N) is 4. The molecule has 3 heterocycles. The number of ether oxygens (including phenoxy) is 1. The number of carbonyl (C=O) groups excluding carboxylic acids is 1. The van der Waals surface area contributed by atoms with Crippen LogP contribution in [-0.4, -0.2) is 62.3 Å². The van der Waals surface area contributed by atoms with Crippen molar-refractivity contribution in [3.8, 4) is 0 Å². The summed E-state index contributed by atoms with van der Waals surface area (Å²) in [5.41, 5.74) is 1.12. The van der Waals surface area contributed by atoms with Crippen LogP contribution in [0.3, 0.4) is 0 Å². The van der Waals surface area contributed by atoms with Gasteiger partial charge in [0.25, 0.3) is 5.91 Å². The zero-order valence-corrected chi connectivity index (χ0v) is 11.2. The fourth-order valence-electron chi connectivity index (χ4n) is 2.41. The van der Waals surface area contributed by atoms with E-state index in [1.54, 1.807) is 27.6 Å². The van der Waals surface area contributed by atoms with Crippen LogP contribution in [0, 0.1) is 0 Å². The van der Waals surface area contributed by atoms with Crippen LogP contribution in [0.15, 0.2) is 24.7 Å². The second-order valence-corrected chi connectivity index (χ2v) is 4.84. The average molecular weight is 290 g/mol. The lowest BCUT2D eigenvalue weighted by Gasteiger charge is -2.34. The van der Waals surface area contributed by atoms with Gasteiger partial charge in [-0.2, -0.15) is 0 Å². The van der Waals surface area contributed by atoms with Crippen LogP contribution >= 0.6 is 0 Å². The van der Waals surface area contributed by atoms with E-state index in [0.717, 1.165) is 0 Å². The molecule has 0 bridgehead atoms. The van der Waals surface area contributed by atoms with Crippen LogP contribution in [0.4, 0.5) is 0 Å². The van der Waals surface area contributed by atoms with Gasteiger partial charge >= 0.3 is 5.97 Å². The first-order valence-electron chi connectivity index (χ1n) is 6.55. The molecule has 1 amide bonds. The summed E-state index contributed by atoms with van der Waals surface area (Å²) >= 11 is 0. The first-order chi connectivity index (χ1) is 10.1. The summed E-state index contributed by atoms with van der Waals surface area (Å²) in [6.07, 6.45) is 3.03. The minimum atomic E-state index is -0.947. The Balaban J connectivity index is 1.85. The van der Waals surface area contributed by atoms with Crippen LogP contribution in [-0.2, 0) is 9.53 Å². The number of amides is 1. The van der Waals surface area contributed by atoms with Gasteiger partial charge in [-0.3, -0.25) is 14.0 Å². The molecular weight excluding hydrogens is 276 g/mol. The topological polar surface area (TPSA) is 97.0 Å². The molecule has 0 radical (unpaired) electrons. The maximum Gasteiger partial charge on any atom is 0.305 e. The number of pyridine rings is 1. The van der Waals surface area contributed by atoms with Crippen molar-refractivity contribution < 1.29 is 19.4 Å². The molecule has 0 aromatic carbocycles. The number of aromatic nitrogens is 3. The van der Waals surface area contributed by atoms with Crippen molar-refractivity contribution in [3.05, 3.63) is 30.2 Å². The summed E-state index contributed by atoms with van der Waals surface area (Å²) in [5, 5.41) is 16.6. The van der Waals surface area contributed by atoms with Crippen molar-refractivity contribution in [2.45, 2.75) is 12.5 Å². The summed E-state index contributed by atoms with van der Waals surface area (Å²) in [6, 6.07) is 2.92. The largest absolute Gasteiger partial charge is 0.481 e. The number of carboxylic acids is 1. The van der Waals surface area contributed by atoms with Crippen molar-refractivity contribution in [1.29, 1.82) is 0 Å². The Bertz CT molecular complexity index is 684. The number of carboxylic acid groups (broad SMARTS) is 1. The first kappa shape index (κ1) is 13.5. The van der Waals surface area contributed by atoms with Crippen LogP contribution < -0.4 is 0 Å². The van der Waals surface area contributed by atoms with Gasteiger partial charge < -0.3 is 14.7 Å². The quantitative estimate of drug-likeness (QED) is 0.857. The zero-order valence-electron chi connectivity index (χ0n) is 11.2. The highest BCUT2D eigenvalue weighted by atomic mass is 16.5. The van der Waals surface area contributed by atoms with Gasteiger partial charge in [-0.25, -0.2) is 0 Å². The Kier molecular flexibility index (Phi) is 3.53. The normalized spacial score (nSPS) is 18.9. The summed E-state index contributed by atoms with van der Waals surface area (Å²) in [6.45, 7) is 1.04. The van der Waals surface area contributed by atoms with Crippen LogP contribution in [0.1, 0.15) is 16.8 Å². The molecule has 8 nitrogen and oxygen atoms in total. The van der Waals surface area contributed by atoms with Crippen LogP contribution in [0.2, 0.25) is 0 Å². The zero-order chi connectivity index (χ0) is 14.8. The van der Waals surface area contributed by atoms with E-state index in [1.807, 2.05) is 0 Å². The van der Waals surface area contributed by atoms with Crippen molar-refractivity contribution in [2.75, 3.05) is 19.8 Å². The van der Waals surface area contributed by atoms with E-state index in [4.69, 9.17) is 9.84 Å². The van der Waals surface area contributed by atoms with Gasteiger partial charge in [-0.05, 0) is 12.1 Å². The predicted molar refractivity (Wildman–Crippen MR) is 70.9 cm³/mol. The van der Waals surface area contributed by atoms with E-state index in [1.165, 1.54) is 6.33 Å². The Morgan fingerprint density at radius 2 is 2.29 bits per heavy atom. The molecule has 0 aliphatic carbocycles. The number of hydrogen-bond donors (Lipinski definition) is 1. The molecule has 1 N–H and O–H groups in total. The number of aliphatic carboxylic acids is 1. The molecule has 2 aromatic rings. The van der Waals surface area contributed by atoms with Crippen molar-refractivity contribution >= 4 is 17.5 Å². The van der Waals surface area contributed by atoms with Crippen LogP contribution in [0.25, 0.3) is 5.65 Å². The maximum atomic E-state index is 12.6. The Morgan fingerprint density at radius 3 is 3.10 bits per heavy atom. The minimum Gasteiger partial charge on any atom is -0.481 e. The molecule has 8 heteroatoms. The van der Waals surface area contributed by atoms with Crippen molar-refractivity contribution in [1.82, 2.24) is 19.5 Å². The molecule has 1 aliphatic heterocycles. The van der Waals surface area contributed by atoms with Gasteiger partial charge in [-0.1, -0.05) is 0 Å². The van der Waals surface area contributed by atoms with Gasteiger partial charge in [0.05, 0.1) is 31.2 Å². The Labute approximate surface area is 119 Å². The highest BCUT2D eigenvalue weighted by molar-refractivity contribution is 5.94. The molecule has 1 fully saturated rings. The molecule has 1 atom stereocenters. The number of fused-ring (bicyclic) bond motifs is 1. The number of hydrogen-bond acceptors (Lipinski definition) is 5. The van der Waals surface area contributed by atoms with Gasteiger partial charge in [0.2, 0.25) is 0 Å². The lowest BCUT2D eigenvalue weighted by molar-refractivity contribution is -0.139. The maximum absolute atomic E-state index is 12.6. The molecule has 110 valence electrons. The van der Waals surface area contributed by atoms with Gasteiger partial charge in [-0.15, -0.1) is 10.2 Å². The highest BCUT2D eigenvalue weighted by Gasteiger charge is 2.29. The van der Waals surface area contributed by atoms with Gasteiger partial charge in [0, 0.05) is 12.7 Å². The summed E-state index contributed by atoms with van der Waals surface area (Å²) in [7, 11) is 0. The van der Waals surface area contributed by atoms with E-state index < -0.39 is 12.0 Å². The molecule has 1 aliphatic rings. The SMILES string of the molecule is O=C(O)CC1COCCN1C(=O)c1ccc2nncn2c1. The van der Waals surface area contributed by atoms with Gasteiger partial charge in [0.15, 0.2) is 5.65 Å². The second-order valence-electron chi connectivity index (χ2n) is 4.84. The second kappa shape index (κ2) is 5.49. The fourth-order valence-corrected chi connectivity index (χ4v) is 2.41. The van der Waals surface area contributed by atoms with E-state index in [-0.39, 0.29) is 18.9 Å². The van der Waals surface area contributed by atoms with Crippen LogP contribution in [0.5, 0.6) is 0 Å². The minimum absolute atomic E-state index is 0.124. The lowest BCUT2D eigenvalue weighted by Crippen LogP contribution is -2.49. The molecule has 0 spiro atoms. The Hall–Kier alpha value is -2.48. The number of rotatable bonds is 3. The van der Waals surface area contributed by atoms with E-state index >= 15 is 0 Å². The predicted octanol–water partition coefficient (Wildman–Crippen LogP) is 0.0450. The smallest absolute Gasteiger partial charge is 0.305 e. The van der Waals surface area contributed by atoms with Gasteiger partial charge in [0.1, 0.15) is 6.33 Å². The third-order valence-corrected chi connectivity index (χ3v) is 3.44. The molecule has 1 unspecified atom stereocenters. The first-order valence-corrected chi connectivity index (χ1v) is 6.55. The fraction of sp³-hybridized carbons (Fsp3) is 0.385. The summed E-state index contributed by atoms with van der Waals surface area (Å²) < 4.78 is 6.93. The van der Waals surface area contributed by atoms with E-state index in [0.29, 0.717) is 24.4 Å². The summed E-state index contributed by atoms with van der Waals surface area (Å²) in [5.74, 6) is -1.15. The number of morpholine rings is 1. The number of carbonyl (C=O) groups is 2. The average Bonchev–Trinajstić information content (AvgIpc) is 2.94.